The van der Waals surface area contributed by atoms with Crippen LogP contribution in [-0.2, 0) is 4.74 Å². The average molecular weight is 258 g/mol. The number of hydrogen-bond donors (Lipinski definition) is 2. The molecule has 0 fully saturated rings. The number of aromatic nitrogens is 1. The van der Waals surface area contributed by atoms with Crippen molar-refractivity contribution in [3.63, 3.8) is 0 Å². The highest BCUT2D eigenvalue weighted by Gasteiger charge is 2.07. The zero-order chi connectivity index (χ0) is 12.7. The van der Waals surface area contributed by atoms with Gasteiger partial charge >= 0.3 is 5.97 Å². The van der Waals surface area contributed by atoms with Gasteiger partial charge in [-0.2, -0.15) is 0 Å². The van der Waals surface area contributed by atoms with Crippen LogP contribution in [0.15, 0.2) is 6.20 Å². The third-order valence-corrected chi connectivity index (χ3v) is 2.85. The Hall–Kier alpha value is -1.14. The number of rotatable bonds is 8. The SMILES string of the molecule is CC(C)COCCCNc1ncc(C(=O)O)s1. The molecule has 0 aromatic carbocycles. The van der Waals surface area contributed by atoms with E-state index in [9.17, 15) is 4.79 Å². The maximum absolute atomic E-state index is 10.6. The molecule has 0 amide bonds. The van der Waals surface area contributed by atoms with Crippen molar-refractivity contribution in [2.45, 2.75) is 20.3 Å². The molecule has 0 aliphatic rings. The van der Waals surface area contributed by atoms with Crippen LogP contribution in [0.2, 0.25) is 0 Å². The van der Waals surface area contributed by atoms with E-state index in [-0.39, 0.29) is 4.88 Å². The van der Waals surface area contributed by atoms with E-state index in [0.717, 1.165) is 30.9 Å². The Bertz CT molecular complexity index is 352. The molecule has 96 valence electrons. The summed E-state index contributed by atoms with van der Waals surface area (Å²) in [6.07, 6.45) is 2.25. The second-order valence-corrected chi connectivity index (χ2v) is 5.11. The van der Waals surface area contributed by atoms with Crippen molar-refractivity contribution in [1.29, 1.82) is 0 Å². The molecule has 0 spiro atoms. The molecule has 1 aromatic rings. The van der Waals surface area contributed by atoms with Gasteiger partial charge in [0.25, 0.3) is 0 Å². The number of aromatic carboxylic acids is 1. The minimum Gasteiger partial charge on any atom is -0.477 e. The molecule has 1 aromatic heterocycles. The second-order valence-electron chi connectivity index (χ2n) is 4.08. The normalized spacial score (nSPS) is 10.8. The Labute approximate surface area is 105 Å². The van der Waals surface area contributed by atoms with E-state index in [1.807, 2.05) is 0 Å². The van der Waals surface area contributed by atoms with E-state index in [4.69, 9.17) is 9.84 Å². The van der Waals surface area contributed by atoms with E-state index < -0.39 is 5.97 Å². The molecular formula is C11H18N2O3S. The topological polar surface area (TPSA) is 71.5 Å². The number of carboxylic acid groups (broad SMARTS) is 1. The Kier molecular flexibility index (Phi) is 5.93. The predicted molar refractivity (Wildman–Crippen MR) is 67.8 cm³/mol. The quantitative estimate of drug-likeness (QED) is 0.700. The van der Waals surface area contributed by atoms with Crippen LogP contribution in [0.3, 0.4) is 0 Å². The van der Waals surface area contributed by atoms with Crippen LogP contribution in [0.25, 0.3) is 0 Å². The third kappa shape index (κ3) is 5.65. The van der Waals surface area contributed by atoms with Gasteiger partial charge in [0.15, 0.2) is 5.13 Å². The fourth-order valence-corrected chi connectivity index (χ4v) is 1.82. The second kappa shape index (κ2) is 7.24. The lowest BCUT2D eigenvalue weighted by Gasteiger charge is -2.06. The summed E-state index contributed by atoms with van der Waals surface area (Å²) in [4.78, 5) is 14.8. The average Bonchev–Trinajstić information content (AvgIpc) is 2.71. The largest absolute Gasteiger partial charge is 0.477 e. The molecule has 6 heteroatoms. The first-order valence-corrected chi connectivity index (χ1v) is 6.42. The minimum absolute atomic E-state index is 0.253. The molecule has 0 saturated heterocycles. The molecule has 0 aliphatic heterocycles. The molecule has 5 nitrogen and oxygen atoms in total. The highest BCUT2D eigenvalue weighted by atomic mass is 32.1. The zero-order valence-corrected chi connectivity index (χ0v) is 10.9. The van der Waals surface area contributed by atoms with Crippen LogP contribution in [-0.4, -0.2) is 35.8 Å². The van der Waals surface area contributed by atoms with Crippen LogP contribution in [0, 0.1) is 5.92 Å². The molecule has 0 bridgehead atoms. The van der Waals surface area contributed by atoms with Crippen molar-refractivity contribution in [2.75, 3.05) is 25.1 Å². The number of hydrogen-bond acceptors (Lipinski definition) is 5. The summed E-state index contributed by atoms with van der Waals surface area (Å²) in [5.74, 6) is -0.379. The third-order valence-electron chi connectivity index (χ3n) is 1.91. The summed E-state index contributed by atoms with van der Waals surface area (Å²) < 4.78 is 5.43. The monoisotopic (exact) mass is 258 g/mol. The summed E-state index contributed by atoms with van der Waals surface area (Å²) in [6, 6.07) is 0. The van der Waals surface area contributed by atoms with E-state index in [2.05, 4.69) is 24.1 Å². The summed E-state index contributed by atoms with van der Waals surface area (Å²) in [7, 11) is 0. The highest BCUT2D eigenvalue weighted by Crippen LogP contribution is 2.17. The van der Waals surface area contributed by atoms with Crippen molar-refractivity contribution in [3.05, 3.63) is 11.1 Å². The zero-order valence-electron chi connectivity index (χ0n) is 10.1. The number of ether oxygens (including phenoxy) is 1. The summed E-state index contributed by atoms with van der Waals surface area (Å²) >= 11 is 1.15. The molecule has 1 rings (SSSR count). The number of thiazole rings is 1. The van der Waals surface area contributed by atoms with Gasteiger partial charge < -0.3 is 15.2 Å². The van der Waals surface area contributed by atoms with Crippen molar-refractivity contribution < 1.29 is 14.6 Å². The molecule has 0 saturated carbocycles. The van der Waals surface area contributed by atoms with Gasteiger partial charge in [-0.1, -0.05) is 25.2 Å². The first kappa shape index (κ1) is 13.9. The lowest BCUT2D eigenvalue weighted by molar-refractivity contribution is 0.0702. The Morgan fingerprint density at radius 3 is 3.00 bits per heavy atom. The van der Waals surface area contributed by atoms with Crippen LogP contribution < -0.4 is 5.32 Å². The maximum atomic E-state index is 10.6. The smallest absolute Gasteiger partial charge is 0.347 e. The Balaban J connectivity index is 2.11. The van der Waals surface area contributed by atoms with Crippen molar-refractivity contribution in [1.82, 2.24) is 4.98 Å². The first-order valence-electron chi connectivity index (χ1n) is 5.60. The van der Waals surface area contributed by atoms with Gasteiger partial charge in [0, 0.05) is 19.8 Å². The summed E-state index contributed by atoms with van der Waals surface area (Å²) in [5, 5.41) is 12.4. The fraction of sp³-hybridized carbons (Fsp3) is 0.636. The standard InChI is InChI=1S/C11H18N2O3S/c1-8(2)7-16-5-3-4-12-11-13-6-9(17-11)10(14)15/h6,8H,3-5,7H2,1-2H3,(H,12,13)(H,14,15). The van der Waals surface area contributed by atoms with Gasteiger partial charge in [-0.05, 0) is 12.3 Å². The van der Waals surface area contributed by atoms with Crippen LogP contribution in [0.4, 0.5) is 5.13 Å². The fourth-order valence-electron chi connectivity index (χ4n) is 1.14. The number of carboxylic acids is 1. The number of nitrogens with zero attached hydrogens (tertiary/aromatic N) is 1. The van der Waals surface area contributed by atoms with Crippen LogP contribution in [0.1, 0.15) is 29.9 Å². The minimum atomic E-state index is -0.934. The molecule has 0 aliphatic carbocycles. The number of anilines is 1. The first-order chi connectivity index (χ1) is 8.09. The molecule has 17 heavy (non-hydrogen) atoms. The van der Waals surface area contributed by atoms with Crippen molar-refractivity contribution in [2.24, 2.45) is 5.92 Å². The van der Waals surface area contributed by atoms with Crippen molar-refractivity contribution in [3.8, 4) is 0 Å². The predicted octanol–water partition coefficient (Wildman–Crippen LogP) is 2.32. The molecular weight excluding hydrogens is 240 g/mol. The summed E-state index contributed by atoms with van der Waals surface area (Å²) in [5.41, 5.74) is 0. The lowest BCUT2D eigenvalue weighted by Crippen LogP contribution is -2.08. The van der Waals surface area contributed by atoms with Crippen LogP contribution >= 0.6 is 11.3 Å². The maximum Gasteiger partial charge on any atom is 0.347 e. The van der Waals surface area contributed by atoms with Gasteiger partial charge in [-0.25, -0.2) is 9.78 Å². The van der Waals surface area contributed by atoms with Gasteiger partial charge in [-0.3, -0.25) is 0 Å². The number of nitrogens with one attached hydrogen (secondary N) is 1. The van der Waals surface area contributed by atoms with Gasteiger partial charge in [0.05, 0.1) is 6.20 Å². The summed E-state index contributed by atoms with van der Waals surface area (Å²) in [6.45, 7) is 6.45. The van der Waals surface area contributed by atoms with E-state index in [1.54, 1.807) is 0 Å². The van der Waals surface area contributed by atoms with Crippen molar-refractivity contribution >= 4 is 22.4 Å². The van der Waals surface area contributed by atoms with Gasteiger partial charge in [-0.15, -0.1) is 0 Å². The lowest BCUT2D eigenvalue weighted by atomic mass is 10.2. The molecule has 0 atom stereocenters. The van der Waals surface area contributed by atoms with E-state index in [0.29, 0.717) is 17.7 Å². The highest BCUT2D eigenvalue weighted by molar-refractivity contribution is 7.17. The van der Waals surface area contributed by atoms with E-state index >= 15 is 0 Å². The van der Waals surface area contributed by atoms with Gasteiger partial charge in [0.2, 0.25) is 0 Å². The van der Waals surface area contributed by atoms with Gasteiger partial charge in [0.1, 0.15) is 4.88 Å². The Morgan fingerprint density at radius 2 is 2.41 bits per heavy atom. The van der Waals surface area contributed by atoms with Crippen LogP contribution in [0.5, 0.6) is 0 Å². The molecule has 2 N–H and O–H groups in total. The number of carbonyl (C=O) groups is 1. The molecule has 0 radical (unpaired) electrons. The Morgan fingerprint density at radius 1 is 1.65 bits per heavy atom. The molecule has 1 heterocycles. The molecule has 0 unspecified atom stereocenters. The van der Waals surface area contributed by atoms with E-state index in [1.165, 1.54) is 6.20 Å².